The molecule has 0 radical (unpaired) electrons. The van der Waals surface area contributed by atoms with Crippen LogP contribution in [0.1, 0.15) is 32.1 Å². The first-order chi connectivity index (χ1) is 12.8. The number of halogens is 3. The van der Waals surface area contributed by atoms with Crippen LogP contribution >= 0.6 is 34.8 Å². The van der Waals surface area contributed by atoms with Crippen molar-refractivity contribution in [2.24, 2.45) is 0 Å². The van der Waals surface area contributed by atoms with Gasteiger partial charge in [-0.15, -0.1) is 0 Å². The lowest BCUT2D eigenvalue weighted by atomic mass is 9.96. The SMILES string of the molecule is CO[C@@H]1O[C@H](COC(=O)NC2CCCCC2)[C@@H](O)[C@@H]2OC(C(Cl)(Cl)Cl)O[C@@H]12. The highest BCUT2D eigenvalue weighted by Crippen LogP contribution is 2.42. The molecule has 0 bridgehead atoms. The van der Waals surface area contributed by atoms with Crippen molar-refractivity contribution in [3.05, 3.63) is 0 Å². The summed E-state index contributed by atoms with van der Waals surface area (Å²) in [6, 6.07) is 0.121. The van der Waals surface area contributed by atoms with E-state index in [1.807, 2.05) is 0 Å². The summed E-state index contributed by atoms with van der Waals surface area (Å²) in [6.45, 7) is -0.176. The van der Waals surface area contributed by atoms with Gasteiger partial charge in [-0.3, -0.25) is 0 Å². The van der Waals surface area contributed by atoms with Gasteiger partial charge in [-0.25, -0.2) is 4.79 Å². The van der Waals surface area contributed by atoms with Crippen molar-refractivity contribution in [1.29, 1.82) is 0 Å². The van der Waals surface area contributed by atoms with Crippen LogP contribution in [0.2, 0.25) is 0 Å². The van der Waals surface area contributed by atoms with E-state index in [-0.39, 0.29) is 12.6 Å². The molecule has 3 fully saturated rings. The third-order valence-corrected chi connectivity index (χ3v) is 5.52. The Hall–Kier alpha value is -0.0600. The van der Waals surface area contributed by atoms with Crippen molar-refractivity contribution in [2.75, 3.05) is 13.7 Å². The Morgan fingerprint density at radius 3 is 2.44 bits per heavy atom. The number of nitrogens with one attached hydrogen (secondary N) is 1. The largest absolute Gasteiger partial charge is 0.447 e. The van der Waals surface area contributed by atoms with Crippen molar-refractivity contribution in [3.63, 3.8) is 0 Å². The molecule has 11 heteroatoms. The number of hydrogen-bond donors (Lipinski definition) is 2. The van der Waals surface area contributed by atoms with Crippen LogP contribution in [0.25, 0.3) is 0 Å². The summed E-state index contributed by atoms with van der Waals surface area (Å²) in [5, 5.41) is 13.4. The Morgan fingerprint density at radius 1 is 1.15 bits per heavy atom. The third kappa shape index (κ3) is 5.30. The lowest BCUT2D eigenvalue weighted by molar-refractivity contribution is -0.271. The van der Waals surface area contributed by atoms with E-state index < -0.39 is 46.9 Å². The van der Waals surface area contributed by atoms with Gasteiger partial charge in [0, 0.05) is 13.2 Å². The number of alkyl carbamates (subject to hydrolysis) is 1. The fourth-order valence-electron chi connectivity index (χ4n) is 3.60. The maximum absolute atomic E-state index is 12.0. The van der Waals surface area contributed by atoms with Crippen molar-refractivity contribution in [1.82, 2.24) is 5.32 Å². The average Bonchev–Trinajstić information content (AvgIpc) is 3.08. The van der Waals surface area contributed by atoms with Gasteiger partial charge >= 0.3 is 6.09 Å². The highest BCUT2D eigenvalue weighted by molar-refractivity contribution is 6.67. The molecule has 2 N–H and O–H groups in total. The van der Waals surface area contributed by atoms with Crippen LogP contribution < -0.4 is 5.32 Å². The molecule has 1 saturated carbocycles. The Bertz CT molecular complexity index is 515. The van der Waals surface area contributed by atoms with Crippen molar-refractivity contribution < 1.29 is 33.6 Å². The van der Waals surface area contributed by atoms with Gasteiger partial charge in [0.25, 0.3) is 0 Å². The lowest BCUT2D eigenvalue weighted by Gasteiger charge is -2.38. The molecule has 0 spiro atoms. The first kappa shape index (κ1) is 21.6. The Labute approximate surface area is 172 Å². The zero-order valence-corrected chi connectivity index (χ0v) is 17.1. The lowest BCUT2D eigenvalue weighted by Crippen LogP contribution is -2.58. The molecule has 3 aliphatic rings. The van der Waals surface area contributed by atoms with Gasteiger partial charge in [0.15, 0.2) is 6.29 Å². The van der Waals surface area contributed by atoms with Crippen LogP contribution in [0.5, 0.6) is 0 Å². The van der Waals surface area contributed by atoms with Crippen LogP contribution in [-0.2, 0) is 23.7 Å². The number of fused-ring (bicyclic) bond motifs is 1. The number of carbonyl (C=O) groups excluding carboxylic acids is 1. The number of alkyl halides is 3. The van der Waals surface area contributed by atoms with Crippen molar-refractivity contribution in [2.45, 2.75) is 78.9 Å². The van der Waals surface area contributed by atoms with E-state index in [1.54, 1.807) is 0 Å². The number of ether oxygens (including phenoxy) is 5. The number of hydrogen-bond acceptors (Lipinski definition) is 7. The summed E-state index contributed by atoms with van der Waals surface area (Å²) in [7, 11) is 1.42. The van der Waals surface area contributed by atoms with E-state index in [0.29, 0.717) is 0 Å². The molecule has 0 aromatic carbocycles. The maximum atomic E-state index is 12.0. The molecule has 2 aliphatic heterocycles. The van der Waals surface area contributed by atoms with Gasteiger partial charge in [0.05, 0.1) is 0 Å². The quantitative estimate of drug-likeness (QED) is 0.637. The first-order valence-corrected chi connectivity index (χ1v) is 10.1. The normalized spacial score (nSPS) is 37.7. The minimum absolute atomic E-state index is 0.121. The molecule has 8 nitrogen and oxygen atoms in total. The fourth-order valence-corrected chi connectivity index (χ4v) is 3.91. The second-order valence-electron chi connectivity index (χ2n) is 6.92. The molecule has 1 amide bonds. The minimum atomic E-state index is -1.83. The van der Waals surface area contributed by atoms with E-state index >= 15 is 0 Å². The van der Waals surface area contributed by atoms with Gasteiger partial charge < -0.3 is 34.1 Å². The fraction of sp³-hybridized carbons (Fsp3) is 0.938. The van der Waals surface area contributed by atoms with Gasteiger partial charge in [-0.1, -0.05) is 54.1 Å². The summed E-state index contributed by atoms with van der Waals surface area (Å²) < 4.78 is 25.4. The maximum Gasteiger partial charge on any atom is 0.407 e. The number of amides is 1. The molecular formula is C16H24Cl3NO7. The van der Waals surface area contributed by atoms with E-state index in [2.05, 4.69) is 5.32 Å². The Balaban J connectivity index is 1.54. The molecule has 6 atom stereocenters. The molecule has 1 unspecified atom stereocenters. The molecule has 1 aliphatic carbocycles. The minimum Gasteiger partial charge on any atom is -0.447 e. The predicted octanol–water partition coefficient (Wildman–Crippen LogP) is 2.26. The highest BCUT2D eigenvalue weighted by Gasteiger charge is 2.56. The molecule has 156 valence electrons. The van der Waals surface area contributed by atoms with Crippen LogP contribution in [0.3, 0.4) is 0 Å². The van der Waals surface area contributed by atoms with E-state index in [9.17, 15) is 9.90 Å². The number of carbonyl (C=O) groups is 1. The molecule has 3 rings (SSSR count). The summed E-state index contributed by atoms with van der Waals surface area (Å²) in [6.07, 6.45) is -0.985. The van der Waals surface area contributed by atoms with E-state index in [4.69, 9.17) is 58.5 Å². The monoisotopic (exact) mass is 447 g/mol. The molecular weight excluding hydrogens is 425 g/mol. The smallest absolute Gasteiger partial charge is 0.407 e. The second kappa shape index (κ2) is 9.17. The van der Waals surface area contributed by atoms with E-state index in [0.717, 1.165) is 25.7 Å². The van der Waals surface area contributed by atoms with Crippen molar-refractivity contribution >= 4 is 40.9 Å². The molecule has 2 heterocycles. The number of aliphatic hydroxyl groups is 1. The summed E-state index contributed by atoms with van der Waals surface area (Å²) >= 11 is 17.4. The van der Waals surface area contributed by atoms with Gasteiger partial charge in [-0.05, 0) is 12.8 Å². The zero-order valence-electron chi connectivity index (χ0n) is 14.8. The standard InChI is InChI=1S/C16H24Cl3NO7/c1-23-13-12-11(26-14(27-12)16(17,18)19)10(21)9(25-13)7-24-15(22)20-8-5-3-2-4-6-8/h8-14,21H,2-7H2,1H3,(H,20,22)/t9-,10-,11+,12-,13-,14?/m1/s1. The van der Waals surface area contributed by atoms with Crippen LogP contribution in [0, 0.1) is 0 Å². The Kier molecular flexibility index (Phi) is 7.35. The van der Waals surface area contributed by atoms with Crippen LogP contribution in [0.4, 0.5) is 4.79 Å². The molecule has 0 aromatic heterocycles. The third-order valence-electron chi connectivity index (χ3n) is 4.99. The summed E-state index contributed by atoms with van der Waals surface area (Å²) in [5.41, 5.74) is 0. The summed E-state index contributed by atoms with van der Waals surface area (Å²) in [5.74, 6) is 0. The van der Waals surface area contributed by atoms with Gasteiger partial charge in [0.1, 0.15) is 31.0 Å². The number of methoxy groups -OCH3 is 1. The average molecular weight is 449 g/mol. The highest BCUT2D eigenvalue weighted by atomic mass is 35.6. The number of rotatable bonds is 4. The molecule has 2 saturated heterocycles. The topological polar surface area (TPSA) is 95.5 Å². The zero-order chi connectivity index (χ0) is 19.6. The predicted molar refractivity (Wildman–Crippen MR) is 96.9 cm³/mol. The van der Waals surface area contributed by atoms with E-state index in [1.165, 1.54) is 13.5 Å². The second-order valence-corrected chi connectivity index (χ2v) is 9.29. The molecule has 27 heavy (non-hydrogen) atoms. The molecule has 0 aromatic rings. The van der Waals surface area contributed by atoms with Crippen molar-refractivity contribution in [3.8, 4) is 0 Å². The Morgan fingerprint density at radius 2 is 1.81 bits per heavy atom. The summed E-state index contributed by atoms with van der Waals surface area (Å²) in [4.78, 5) is 12.0. The number of aliphatic hydroxyl groups excluding tert-OH is 1. The van der Waals surface area contributed by atoms with Gasteiger partial charge in [-0.2, -0.15) is 0 Å². The van der Waals surface area contributed by atoms with Crippen LogP contribution in [0.15, 0.2) is 0 Å². The van der Waals surface area contributed by atoms with Gasteiger partial charge in [0.2, 0.25) is 10.1 Å². The van der Waals surface area contributed by atoms with Crippen LogP contribution in [-0.4, -0.2) is 71.7 Å². The first-order valence-electron chi connectivity index (χ1n) is 8.97.